The van der Waals surface area contributed by atoms with E-state index in [0.717, 1.165) is 32.7 Å². The normalized spacial score (nSPS) is 24.3. The molecule has 4 heterocycles. The number of nitrogen functional groups attached to an aromatic ring is 2. The Labute approximate surface area is 284 Å². The fourth-order valence-corrected chi connectivity index (χ4v) is 5.97. The first kappa shape index (κ1) is 31.9. The third-order valence-corrected chi connectivity index (χ3v) is 8.98. The van der Waals surface area contributed by atoms with Crippen LogP contribution in [-0.4, -0.2) is 47.1 Å². The maximum absolute atomic E-state index is 12.1. The number of cyclic esters (lactones) is 2. The summed E-state index contributed by atoms with van der Waals surface area (Å²) < 4.78 is 10.4. The molecule has 2 aromatic carbocycles. The third-order valence-electron chi connectivity index (χ3n) is 8.98. The maximum Gasteiger partial charge on any atom is 0.407 e. The van der Waals surface area contributed by atoms with Gasteiger partial charge in [-0.1, -0.05) is 0 Å². The molecule has 2 saturated carbocycles. The monoisotopic (exact) mass is 674 g/mol. The van der Waals surface area contributed by atoms with E-state index >= 15 is 0 Å². The SMILES string of the molecule is N#C[C@@H]1C[C@H]1C(=O)Nc1cc2cc(C3CNC(=O)O3)cc(N)c2cn1.N#C[C@H]1C[C@@H]1C(=O)Nc1cc2cc(C3CNC(=O)O3)cc(N)c2cn1. The fraction of sp³-hybridized carbons (Fsp3) is 0.294. The molecular formula is C34H30N10O6. The molecule has 4 amide bonds. The van der Waals surface area contributed by atoms with Crippen molar-refractivity contribution < 1.29 is 28.7 Å². The van der Waals surface area contributed by atoms with Crippen molar-refractivity contribution in [3.63, 3.8) is 0 Å². The second kappa shape index (κ2) is 12.7. The lowest BCUT2D eigenvalue weighted by molar-refractivity contribution is -0.118. The average Bonchev–Trinajstić information content (AvgIpc) is 3.98. The van der Waals surface area contributed by atoms with Crippen LogP contribution in [0.15, 0.2) is 48.8 Å². The summed E-state index contributed by atoms with van der Waals surface area (Å²) in [4.78, 5) is 55.0. The van der Waals surface area contributed by atoms with Gasteiger partial charge in [0.2, 0.25) is 11.8 Å². The number of anilines is 4. The number of nitrogens with zero attached hydrogens (tertiary/aromatic N) is 4. The first-order valence-electron chi connectivity index (χ1n) is 15.8. The molecule has 8 rings (SSSR count). The lowest BCUT2D eigenvalue weighted by Gasteiger charge is -2.12. The van der Waals surface area contributed by atoms with Crippen molar-refractivity contribution in [1.29, 1.82) is 10.5 Å². The molecule has 2 saturated heterocycles. The molecular weight excluding hydrogens is 644 g/mol. The summed E-state index contributed by atoms with van der Waals surface area (Å²) in [6, 6.07) is 14.9. The molecule has 50 heavy (non-hydrogen) atoms. The Morgan fingerprint density at radius 1 is 0.720 bits per heavy atom. The van der Waals surface area contributed by atoms with Crippen LogP contribution in [0.4, 0.5) is 32.6 Å². The Morgan fingerprint density at radius 3 is 1.48 bits per heavy atom. The van der Waals surface area contributed by atoms with Gasteiger partial charge in [0.15, 0.2) is 0 Å². The molecule has 0 spiro atoms. The number of carbonyl (C=O) groups excluding carboxylic acids is 4. The van der Waals surface area contributed by atoms with Crippen molar-refractivity contribution in [1.82, 2.24) is 20.6 Å². The van der Waals surface area contributed by atoms with Gasteiger partial charge in [0.1, 0.15) is 23.8 Å². The summed E-state index contributed by atoms with van der Waals surface area (Å²) in [5.41, 5.74) is 14.8. The van der Waals surface area contributed by atoms with Crippen molar-refractivity contribution >= 4 is 68.6 Å². The van der Waals surface area contributed by atoms with Crippen molar-refractivity contribution in [2.45, 2.75) is 25.0 Å². The number of nitriles is 2. The molecule has 0 radical (unpaired) electrons. The zero-order valence-electron chi connectivity index (χ0n) is 26.3. The average molecular weight is 675 g/mol. The quantitative estimate of drug-likeness (QED) is 0.161. The Bertz CT molecular complexity index is 2020. The van der Waals surface area contributed by atoms with Crippen LogP contribution in [0.2, 0.25) is 0 Å². The van der Waals surface area contributed by atoms with Crippen LogP contribution < -0.4 is 32.7 Å². The summed E-state index contributed by atoms with van der Waals surface area (Å²) in [6.45, 7) is 0.769. The number of hydrogen-bond donors (Lipinski definition) is 6. The number of carbonyl (C=O) groups is 4. The first-order chi connectivity index (χ1) is 24.1. The molecule has 2 aliphatic heterocycles. The standard InChI is InChI=1S/2C17H15N5O3/c2*18-5-10-2-11(10)16(23)22-15-4-8-1-9(14-7-21-17(24)25-14)3-13(19)12(8)6-20-15/h2*1,3-4,6,10-11,14H,2,7,19H2,(H,21,24)(H,20,22,23)/t2*10-,11+,14?/m10/s1. The van der Waals surface area contributed by atoms with Gasteiger partial charge in [-0.2, -0.15) is 10.5 Å². The predicted molar refractivity (Wildman–Crippen MR) is 178 cm³/mol. The lowest BCUT2D eigenvalue weighted by Crippen LogP contribution is -2.15. The third kappa shape index (κ3) is 6.54. The highest BCUT2D eigenvalue weighted by Gasteiger charge is 2.44. The van der Waals surface area contributed by atoms with E-state index in [1.165, 1.54) is 0 Å². The van der Waals surface area contributed by atoms with Gasteiger partial charge in [-0.3, -0.25) is 9.59 Å². The van der Waals surface area contributed by atoms with E-state index in [9.17, 15) is 19.2 Å². The number of amides is 4. The maximum atomic E-state index is 12.1. The zero-order valence-corrected chi connectivity index (χ0v) is 26.3. The van der Waals surface area contributed by atoms with Gasteiger partial charge in [0, 0.05) is 34.5 Å². The summed E-state index contributed by atoms with van der Waals surface area (Å²) in [5.74, 6) is -0.517. The van der Waals surface area contributed by atoms with Gasteiger partial charge in [0.25, 0.3) is 0 Å². The van der Waals surface area contributed by atoms with Crippen LogP contribution in [0, 0.1) is 46.3 Å². The zero-order chi connectivity index (χ0) is 35.1. The summed E-state index contributed by atoms with van der Waals surface area (Å²) in [6.07, 6.45) is 2.67. The van der Waals surface area contributed by atoms with Crippen molar-refractivity contribution in [3.8, 4) is 12.1 Å². The van der Waals surface area contributed by atoms with Crippen molar-refractivity contribution in [2.24, 2.45) is 23.7 Å². The minimum absolute atomic E-state index is 0.198. The van der Waals surface area contributed by atoms with Gasteiger partial charge < -0.3 is 42.2 Å². The molecule has 4 fully saturated rings. The molecule has 252 valence electrons. The minimum atomic E-state index is -0.456. The Morgan fingerprint density at radius 2 is 1.14 bits per heavy atom. The molecule has 2 unspecified atom stereocenters. The van der Waals surface area contributed by atoms with Gasteiger partial charge in [-0.15, -0.1) is 0 Å². The van der Waals surface area contributed by atoms with Crippen molar-refractivity contribution in [3.05, 3.63) is 59.9 Å². The van der Waals surface area contributed by atoms with E-state index in [-0.39, 0.29) is 35.5 Å². The summed E-state index contributed by atoms with van der Waals surface area (Å²) in [5, 5.41) is 31.4. The lowest BCUT2D eigenvalue weighted by atomic mass is 10.0. The van der Waals surface area contributed by atoms with Gasteiger partial charge in [-0.25, -0.2) is 19.6 Å². The molecule has 16 nitrogen and oxygen atoms in total. The highest BCUT2D eigenvalue weighted by Crippen LogP contribution is 2.40. The number of hydrogen-bond acceptors (Lipinski definition) is 12. The van der Waals surface area contributed by atoms with Crippen LogP contribution in [0.3, 0.4) is 0 Å². The smallest absolute Gasteiger partial charge is 0.407 e. The molecule has 4 aromatic rings. The molecule has 4 aliphatic rings. The number of pyridine rings is 2. The molecule has 16 heteroatoms. The van der Waals surface area contributed by atoms with Crippen LogP contribution in [0.1, 0.15) is 36.2 Å². The molecule has 2 aromatic heterocycles. The van der Waals surface area contributed by atoms with Gasteiger partial charge in [-0.05, 0) is 71.1 Å². The number of aromatic nitrogens is 2. The molecule has 0 bridgehead atoms. The topological polar surface area (TPSA) is 260 Å². The molecule has 8 N–H and O–H groups in total. The minimum Gasteiger partial charge on any atom is -0.439 e. The van der Waals surface area contributed by atoms with E-state index in [0.29, 0.717) is 48.9 Å². The summed E-state index contributed by atoms with van der Waals surface area (Å²) >= 11 is 0. The number of rotatable bonds is 6. The second-order valence-corrected chi connectivity index (χ2v) is 12.5. The number of fused-ring (bicyclic) bond motifs is 2. The fourth-order valence-electron chi connectivity index (χ4n) is 5.97. The van der Waals surface area contributed by atoms with Crippen LogP contribution >= 0.6 is 0 Å². The highest BCUT2D eigenvalue weighted by molar-refractivity contribution is 6.00. The van der Waals surface area contributed by atoms with E-state index in [2.05, 4.69) is 43.4 Å². The number of benzene rings is 2. The van der Waals surface area contributed by atoms with E-state index in [1.807, 2.05) is 12.1 Å². The van der Waals surface area contributed by atoms with E-state index in [4.69, 9.17) is 31.5 Å². The van der Waals surface area contributed by atoms with Crippen LogP contribution in [0.25, 0.3) is 21.5 Å². The Kier molecular flexibility index (Phi) is 8.12. The largest absolute Gasteiger partial charge is 0.439 e. The summed E-state index contributed by atoms with van der Waals surface area (Å²) in [7, 11) is 0. The van der Waals surface area contributed by atoms with E-state index in [1.54, 1.807) is 36.7 Å². The second-order valence-electron chi connectivity index (χ2n) is 12.5. The molecule has 6 atom stereocenters. The van der Waals surface area contributed by atoms with Crippen molar-refractivity contribution in [2.75, 3.05) is 35.2 Å². The molecule has 2 aliphatic carbocycles. The highest BCUT2D eigenvalue weighted by atomic mass is 16.6. The Hall–Kier alpha value is -6.68. The van der Waals surface area contributed by atoms with Crippen LogP contribution in [0.5, 0.6) is 0 Å². The number of alkyl carbamates (subject to hydrolysis) is 2. The first-order valence-corrected chi connectivity index (χ1v) is 15.8. The Balaban J connectivity index is 0.000000157. The predicted octanol–water partition coefficient (Wildman–Crippen LogP) is 3.39. The van der Waals surface area contributed by atoms with E-state index < -0.39 is 24.4 Å². The van der Waals surface area contributed by atoms with Gasteiger partial charge >= 0.3 is 12.2 Å². The van der Waals surface area contributed by atoms with Gasteiger partial charge in [0.05, 0.1) is 48.9 Å². The van der Waals surface area contributed by atoms with Crippen LogP contribution in [-0.2, 0) is 19.1 Å². The number of nitrogens with one attached hydrogen (secondary N) is 4. The number of ether oxygens (including phenoxy) is 2. The number of nitrogens with two attached hydrogens (primary N) is 2.